The molecule has 0 aromatic heterocycles. The number of hydrogen-bond acceptors (Lipinski definition) is 5. The lowest BCUT2D eigenvalue weighted by atomic mass is 10.0. The molecule has 0 aliphatic heterocycles. The van der Waals surface area contributed by atoms with E-state index in [1.165, 1.54) is 64.2 Å². The number of carbonyl (C=O) groups excluding carboxylic acids is 1. The summed E-state index contributed by atoms with van der Waals surface area (Å²) in [7, 11) is -4.04. The van der Waals surface area contributed by atoms with Gasteiger partial charge in [0.15, 0.2) is 0 Å². The Kier molecular flexibility index (Phi) is 15.6. The molecule has 1 rings (SSSR count). The lowest BCUT2D eigenvalue weighted by molar-refractivity contribution is 0.0908. The summed E-state index contributed by atoms with van der Waals surface area (Å²) in [6, 6.07) is 6.62. The van der Waals surface area contributed by atoms with Crippen LogP contribution >= 0.6 is 0 Å². The number of alkyl carbamates (subject to hydrolysis) is 1. The van der Waals surface area contributed by atoms with E-state index in [0.29, 0.717) is 6.42 Å². The minimum absolute atomic E-state index is 0.0968. The Morgan fingerprint density at radius 1 is 0.879 bits per heavy atom. The van der Waals surface area contributed by atoms with Crippen molar-refractivity contribution in [3.63, 3.8) is 0 Å². The van der Waals surface area contributed by atoms with Crippen molar-refractivity contribution in [3.05, 3.63) is 29.8 Å². The molecule has 1 atom stereocenters. The summed E-state index contributed by atoms with van der Waals surface area (Å²) in [5, 5.41) is 12.1. The van der Waals surface area contributed by atoms with Crippen LogP contribution in [0.25, 0.3) is 0 Å². The average molecular weight is 486 g/mol. The van der Waals surface area contributed by atoms with E-state index < -0.39 is 28.1 Å². The summed E-state index contributed by atoms with van der Waals surface area (Å²) in [6.07, 6.45) is 14.8. The number of carbonyl (C=O) groups is 1. The molecule has 1 unspecified atom stereocenters. The van der Waals surface area contributed by atoms with Gasteiger partial charge < -0.3 is 15.2 Å². The Labute approximate surface area is 200 Å². The third kappa shape index (κ3) is 16.5. The van der Waals surface area contributed by atoms with E-state index in [1.54, 1.807) is 24.3 Å². The Hall–Kier alpha value is -1.80. The lowest BCUT2D eigenvalue weighted by Crippen LogP contribution is -2.28. The zero-order valence-electron chi connectivity index (χ0n) is 20.1. The topological polar surface area (TPSA) is 113 Å². The second kappa shape index (κ2) is 17.6. The van der Waals surface area contributed by atoms with E-state index in [4.69, 9.17) is 9.29 Å². The molecule has 0 radical (unpaired) electrons. The molecule has 0 fully saturated rings. The van der Waals surface area contributed by atoms with Crippen molar-refractivity contribution < 1.29 is 27.6 Å². The molecule has 0 saturated carbocycles. The smallest absolute Gasteiger partial charge is 0.407 e. The molecule has 33 heavy (non-hydrogen) atoms. The number of nitrogens with one attached hydrogen (secondary N) is 1. The molecule has 3 N–H and O–H groups in total. The third-order valence-corrected chi connectivity index (χ3v) is 6.49. The van der Waals surface area contributed by atoms with Gasteiger partial charge in [0.1, 0.15) is 11.9 Å². The van der Waals surface area contributed by atoms with Gasteiger partial charge in [-0.05, 0) is 37.0 Å². The van der Waals surface area contributed by atoms with Crippen LogP contribution in [0, 0.1) is 0 Å². The van der Waals surface area contributed by atoms with Crippen molar-refractivity contribution in [2.75, 3.05) is 12.3 Å². The molecule has 0 bridgehead atoms. The van der Waals surface area contributed by atoms with Crippen LogP contribution in [0.2, 0.25) is 0 Å². The van der Waals surface area contributed by atoms with Gasteiger partial charge in [-0.3, -0.25) is 4.55 Å². The predicted molar refractivity (Wildman–Crippen MR) is 132 cm³/mol. The van der Waals surface area contributed by atoms with Crippen LogP contribution in [-0.4, -0.2) is 36.5 Å². The highest BCUT2D eigenvalue weighted by Crippen LogP contribution is 2.26. The molecule has 190 valence electrons. The van der Waals surface area contributed by atoms with Gasteiger partial charge in [0.2, 0.25) is 0 Å². The van der Waals surface area contributed by atoms with Gasteiger partial charge in [-0.15, -0.1) is 0 Å². The van der Waals surface area contributed by atoms with Crippen molar-refractivity contribution in [2.24, 2.45) is 0 Å². The number of ether oxygens (including phenoxy) is 1. The van der Waals surface area contributed by atoms with Crippen molar-refractivity contribution in [3.8, 4) is 5.75 Å². The molecular weight excluding hydrogens is 442 g/mol. The normalized spacial score (nSPS) is 12.4. The quantitative estimate of drug-likeness (QED) is 0.152. The molecule has 0 saturated heterocycles. The van der Waals surface area contributed by atoms with Crippen LogP contribution in [0.4, 0.5) is 4.79 Å². The second-order valence-electron chi connectivity index (χ2n) is 8.73. The minimum Gasteiger partial charge on any atom is -0.508 e. The number of aromatic hydroxyl groups is 1. The second-order valence-corrected chi connectivity index (χ2v) is 10.3. The molecule has 0 heterocycles. The Morgan fingerprint density at radius 2 is 1.39 bits per heavy atom. The third-order valence-electron chi connectivity index (χ3n) is 5.68. The number of rotatable bonds is 19. The van der Waals surface area contributed by atoms with E-state index in [2.05, 4.69) is 12.2 Å². The number of phenolic OH excluding ortho intramolecular Hbond substituents is 1. The van der Waals surface area contributed by atoms with E-state index in [0.717, 1.165) is 18.4 Å². The molecule has 1 aromatic carbocycles. The first-order chi connectivity index (χ1) is 15.8. The van der Waals surface area contributed by atoms with Crippen LogP contribution in [-0.2, 0) is 14.9 Å². The van der Waals surface area contributed by atoms with Crippen LogP contribution in [0.1, 0.15) is 108 Å². The SMILES string of the molecule is CCCCCCCCCCCCCCC(OC(=O)NCCCS(=O)(=O)O)c1ccc(O)cc1. The van der Waals surface area contributed by atoms with Crippen LogP contribution in [0.5, 0.6) is 5.75 Å². The predicted octanol–water partition coefficient (Wildman–Crippen LogP) is 6.53. The first-order valence-corrected chi connectivity index (χ1v) is 14.1. The van der Waals surface area contributed by atoms with Gasteiger partial charge >= 0.3 is 6.09 Å². The monoisotopic (exact) mass is 485 g/mol. The largest absolute Gasteiger partial charge is 0.508 e. The van der Waals surface area contributed by atoms with Crippen molar-refractivity contribution in [2.45, 2.75) is 103 Å². The van der Waals surface area contributed by atoms with Crippen LogP contribution in [0.3, 0.4) is 0 Å². The Morgan fingerprint density at radius 3 is 1.91 bits per heavy atom. The standard InChI is InChI=1S/C25H43NO6S/c1-2-3-4-5-6-7-8-9-10-11-12-13-15-24(22-16-18-23(27)19-17-22)32-25(28)26-20-14-21-33(29,30)31/h16-19,24,27H,2-15,20-21H2,1H3,(H,26,28)(H,29,30,31). The van der Waals surface area contributed by atoms with Crippen molar-refractivity contribution in [1.29, 1.82) is 0 Å². The zero-order valence-corrected chi connectivity index (χ0v) is 21.0. The molecule has 1 aromatic rings. The van der Waals surface area contributed by atoms with Crippen LogP contribution in [0.15, 0.2) is 24.3 Å². The highest BCUT2D eigenvalue weighted by Gasteiger charge is 2.17. The highest BCUT2D eigenvalue weighted by molar-refractivity contribution is 7.85. The summed E-state index contributed by atoms with van der Waals surface area (Å²) >= 11 is 0. The van der Waals surface area contributed by atoms with Crippen LogP contribution < -0.4 is 5.32 Å². The fraction of sp³-hybridized carbons (Fsp3) is 0.720. The minimum atomic E-state index is -4.04. The number of unbranched alkanes of at least 4 members (excludes halogenated alkanes) is 11. The summed E-state index contributed by atoms with van der Waals surface area (Å²) in [5.74, 6) is -0.259. The van der Waals surface area contributed by atoms with Gasteiger partial charge in [0.05, 0.1) is 5.75 Å². The fourth-order valence-electron chi connectivity index (χ4n) is 3.77. The number of amides is 1. The molecule has 0 aliphatic rings. The summed E-state index contributed by atoms with van der Waals surface area (Å²) in [4.78, 5) is 12.1. The van der Waals surface area contributed by atoms with Crippen molar-refractivity contribution >= 4 is 16.2 Å². The number of phenols is 1. The molecule has 8 heteroatoms. The first-order valence-electron chi connectivity index (χ1n) is 12.5. The van der Waals surface area contributed by atoms with E-state index >= 15 is 0 Å². The van der Waals surface area contributed by atoms with Gasteiger partial charge in [-0.1, -0.05) is 89.7 Å². The Balaban J connectivity index is 2.29. The highest BCUT2D eigenvalue weighted by atomic mass is 32.2. The summed E-state index contributed by atoms with van der Waals surface area (Å²) < 4.78 is 35.8. The molecule has 0 aliphatic carbocycles. The summed E-state index contributed by atoms with van der Waals surface area (Å²) in [5.41, 5.74) is 0.809. The average Bonchev–Trinajstić information content (AvgIpc) is 2.76. The molecular formula is C25H43NO6S. The van der Waals surface area contributed by atoms with Gasteiger partial charge in [-0.25, -0.2) is 4.79 Å². The molecule has 1 amide bonds. The van der Waals surface area contributed by atoms with Gasteiger partial charge in [-0.2, -0.15) is 8.42 Å². The maximum Gasteiger partial charge on any atom is 0.407 e. The Bertz CT molecular complexity index is 736. The molecule has 7 nitrogen and oxygen atoms in total. The van der Waals surface area contributed by atoms with Crippen molar-refractivity contribution in [1.82, 2.24) is 5.32 Å². The maximum atomic E-state index is 12.1. The lowest BCUT2D eigenvalue weighted by Gasteiger charge is -2.19. The van der Waals surface area contributed by atoms with Gasteiger partial charge in [0, 0.05) is 6.54 Å². The number of hydrogen-bond donors (Lipinski definition) is 3. The number of benzene rings is 1. The van der Waals surface area contributed by atoms with Gasteiger partial charge in [0.25, 0.3) is 10.1 Å². The zero-order chi connectivity index (χ0) is 24.4. The van der Waals surface area contributed by atoms with E-state index in [1.807, 2.05) is 0 Å². The molecule has 0 spiro atoms. The first kappa shape index (κ1) is 29.2. The summed E-state index contributed by atoms with van der Waals surface area (Å²) in [6.45, 7) is 2.34. The maximum absolute atomic E-state index is 12.1. The van der Waals surface area contributed by atoms with E-state index in [-0.39, 0.29) is 18.7 Å². The van der Waals surface area contributed by atoms with E-state index in [9.17, 15) is 18.3 Å². The fourth-order valence-corrected chi connectivity index (χ4v) is 4.28.